The first-order valence-electron chi connectivity index (χ1n) is 5.55. The average Bonchev–Trinajstić information content (AvgIpc) is 2.25. The summed E-state index contributed by atoms with van der Waals surface area (Å²) in [7, 11) is 1.58. The first-order chi connectivity index (χ1) is 7.97. The maximum Gasteiger partial charge on any atom is 0.342 e. The summed E-state index contributed by atoms with van der Waals surface area (Å²) in [6.07, 6.45) is -0.112. The van der Waals surface area contributed by atoms with Crippen molar-refractivity contribution in [1.82, 2.24) is 0 Å². The fourth-order valence-corrected chi connectivity index (χ4v) is 3.15. The number of benzene rings is 1. The van der Waals surface area contributed by atoms with E-state index in [1.54, 1.807) is 7.11 Å². The molecule has 4 heteroatoms. The van der Waals surface area contributed by atoms with Gasteiger partial charge >= 0.3 is 5.97 Å². The Kier molecular flexibility index (Phi) is 3.17. The van der Waals surface area contributed by atoms with E-state index in [1.165, 1.54) is 0 Å². The van der Waals surface area contributed by atoms with Crippen molar-refractivity contribution >= 4 is 21.9 Å². The molecule has 2 rings (SSSR count). The van der Waals surface area contributed by atoms with Gasteiger partial charge in [-0.25, -0.2) is 4.79 Å². The number of aryl methyl sites for hydroxylation is 1. The molecule has 1 aromatic rings. The zero-order chi connectivity index (χ0) is 12.7. The Balaban J connectivity index is 2.75. The van der Waals surface area contributed by atoms with Crippen LogP contribution in [0.1, 0.15) is 41.3 Å². The second-order valence-corrected chi connectivity index (χ2v) is 5.25. The topological polar surface area (TPSA) is 35.5 Å². The van der Waals surface area contributed by atoms with Gasteiger partial charge in [-0.3, -0.25) is 0 Å². The van der Waals surface area contributed by atoms with Crippen molar-refractivity contribution in [3.63, 3.8) is 0 Å². The molecule has 0 aliphatic carbocycles. The van der Waals surface area contributed by atoms with Crippen LogP contribution in [-0.4, -0.2) is 19.2 Å². The van der Waals surface area contributed by atoms with Crippen LogP contribution in [0.5, 0.6) is 5.75 Å². The van der Waals surface area contributed by atoms with E-state index in [0.717, 1.165) is 15.6 Å². The molecule has 0 saturated heterocycles. The first-order valence-corrected chi connectivity index (χ1v) is 6.34. The number of fused-ring (bicyclic) bond motifs is 1. The highest BCUT2D eigenvalue weighted by atomic mass is 79.9. The molecule has 1 aliphatic rings. The predicted molar refractivity (Wildman–Crippen MR) is 68.7 cm³/mol. The standard InChI is InChI=1S/C13H15BrO3/c1-6-5-9(14)10-7(2)8(3)17-13(15)11(10)12(6)16-4/h5,7-8H,1-4H3/t7-,8-/m1/s1. The van der Waals surface area contributed by atoms with Crippen molar-refractivity contribution in [2.75, 3.05) is 7.11 Å². The number of rotatable bonds is 1. The molecule has 0 radical (unpaired) electrons. The largest absolute Gasteiger partial charge is 0.496 e. The molecule has 1 aromatic carbocycles. The van der Waals surface area contributed by atoms with E-state index in [2.05, 4.69) is 22.9 Å². The van der Waals surface area contributed by atoms with Crippen molar-refractivity contribution in [2.24, 2.45) is 0 Å². The molecule has 17 heavy (non-hydrogen) atoms. The zero-order valence-electron chi connectivity index (χ0n) is 10.3. The van der Waals surface area contributed by atoms with Crippen LogP contribution < -0.4 is 4.74 Å². The molecule has 1 heterocycles. The van der Waals surface area contributed by atoms with E-state index in [9.17, 15) is 4.79 Å². The lowest BCUT2D eigenvalue weighted by atomic mass is 9.87. The molecule has 1 aliphatic heterocycles. The number of halogens is 1. The number of carbonyl (C=O) groups is 1. The van der Waals surface area contributed by atoms with Crippen LogP contribution in [0.25, 0.3) is 0 Å². The Labute approximate surface area is 109 Å². The van der Waals surface area contributed by atoms with Gasteiger partial charge in [-0.15, -0.1) is 0 Å². The number of hydrogen-bond acceptors (Lipinski definition) is 3. The van der Waals surface area contributed by atoms with Gasteiger partial charge in [0.15, 0.2) is 0 Å². The number of carbonyl (C=O) groups excluding carboxylic acids is 1. The summed E-state index contributed by atoms with van der Waals surface area (Å²) < 4.78 is 11.6. The summed E-state index contributed by atoms with van der Waals surface area (Å²) in [5.41, 5.74) is 2.47. The van der Waals surface area contributed by atoms with Crippen LogP contribution in [0, 0.1) is 6.92 Å². The molecule has 0 N–H and O–H groups in total. The van der Waals surface area contributed by atoms with Crippen LogP contribution in [0.15, 0.2) is 10.5 Å². The molecule has 0 bridgehead atoms. The zero-order valence-corrected chi connectivity index (χ0v) is 11.9. The van der Waals surface area contributed by atoms with Gasteiger partial charge in [0.25, 0.3) is 0 Å². The third-order valence-electron chi connectivity index (χ3n) is 3.32. The molecule has 92 valence electrons. The van der Waals surface area contributed by atoms with Crippen LogP contribution >= 0.6 is 15.9 Å². The molecule has 2 atom stereocenters. The van der Waals surface area contributed by atoms with Gasteiger partial charge in [-0.2, -0.15) is 0 Å². The molecule has 0 saturated carbocycles. The summed E-state index contributed by atoms with van der Waals surface area (Å²) in [4.78, 5) is 12.0. The van der Waals surface area contributed by atoms with Gasteiger partial charge in [-0.05, 0) is 31.0 Å². The minimum Gasteiger partial charge on any atom is -0.496 e. The summed E-state index contributed by atoms with van der Waals surface area (Å²) in [6.45, 7) is 5.87. The molecule has 0 unspecified atom stereocenters. The van der Waals surface area contributed by atoms with E-state index >= 15 is 0 Å². The van der Waals surface area contributed by atoms with Gasteiger partial charge in [0.2, 0.25) is 0 Å². The first kappa shape index (κ1) is 12.4. The van der Waals surface area contributed by atoms with E-state index in [1.807, 2.05) is 19.9 Å². The lowest BCUT2D eigenvalue weighted by Gasteiger charge is -2.30. The molecule has 3 nitrogen and oxygen atoms in total. The van der Waals surface area contributed by atoms with E-state index in [0.29, 0.717) is 11.3 Å². The molecular formula is C13H15BrO3. The van der Waals surface area contributed by atoms with Crippen molar-refractivity contribution in [3.05, 3.63) is 27.2 Å². The molecule has 0 fully saturated rings. The minimum absolute atomic E-state index is 0.112. The monoisotopic (exact) mass is 298 g/mol. The fourth-order valence-electron chi connectivity index (χ4n) is 2.25. The van der Waals surface area contributed by atoms with Crippen LogP contribution in [0.2, 0.25) is 0 Å². The van der Waals surface area contributed by atoms with Crippen molar-refractivity contribution in [1.29, 1.82) is 0 Å². The van der Waals surface area contributed by atoms with Crippen molar-refractivity contribution in [3.8, 4) is 5.75 Å². The highest BCUT2D eigenvalue weighted by Crippen LogP contribution is 2.42. The van der Waals surface area contributed by atoms with Crippen LogP contribution in [0.3, 0.4) is 0 Å². The third-order valence-corrected chi connectivity index (χ3v) is 3.97. The summed E-state index contributed by atoms with van der Waals surface area (Å²) in [5, 5.41) is 0. The summed E-state index contributed by atoms with van der Waals surface area (Å²) in [6, 6.07) is 1.99. The summed E-state index contributed by atoms with van der Waals surface area (Å²) in [5.74, 6) is 0.477. The van der Waals surface area contributed by atoms with Crippen molar-refractivity contribution in [2.45, 2.75) is 32.8 Å². The van der Waals surface area contributed by atoms with Crippen molar-refractivity contribution < 1.29 is 14.3 Å². The number of esters is 1. The second kappa shape index (κ2) is 4.33. The Bertz CT molecular complexity index is 482. The van der Waals surface area contributed by atoms with Gasteiger partial charge in [0.1, 0.15) is 17.4 Å². The van der Waals surface area contributed by atoms with Gasteiger partial charge in [-0.1, -0.05) is 22.9 Å². The SMILES string of the molecule is COc1c(C)cc(Br)c2c1C(=O)O[C@H](C)[C@H]2C. The maximum absolute atomic E-state index is 12.0. The molecule has 0 spiro atoms. The molecule has 0 amide bonds. The lowest BCUT2D eigenvalue weighted by Crippen LogP contribution is -2.29. The van der Waals surface area contributed by atoms with Crippen LogP contribution in [0.4, 0.5) is 0 Å². The Morgan fingerprint density at radius 3 is 2.65 bits per heavy atom. The fraction of sp³-hybridized carbons (Fsp3) is 0.462. The van der Waals surface area contributed by atoms with Crippen LogP contribution in [-0.2, 0) is 4.74 Å². The molecule has 0 aromatic heterocycles. The van der Waals surface area contributed by atoms with E-state index in [4.69, 9.17) is 9.47 Å². The maximum atomic E-state index is 12.0. The normalized spacial score (nSPS) is 23.0. The Morgan fingerprint density at radius 1 is 1.41 bits per heavy atom. The van der Waals surface area contributed by atoms with Gasteiger partial charge in [0.05, 0.1) is 7.11 Å². The Morgan fingerprint density at radius 2 is 2.06 bits per heavy atom. The van der Waals surface area contributed by atoms with Gasteiger partial charge in [0, 0.05) is 10.4 Å². The average molecular weight is 299 g/mol. The highest BCUT2D eigenvalue weighted by Gasteiger charge is 2.35. The second-order valence-electron chi connectivity index (χ2n) is 4.40. The van der Waals surface area contributed by atoms with E-state index < -0.39 is 0 Å². The smallest absolute Gasteiger partial charge is 0.342 e. The molecular weight excluding hydrogens is 284 g/mol. The Hall–Kier alpha value is -1.03. The quantitative estimate of drug-likeness (QED) is 0.745. The minimum atomic E-state index is -0.299. The van der Waals surface area contributed by atoms with Gasteiger partial charge < -0.3 is 9.47 Å². The lowest BCUT2D eigenvalue weighted by molar-refractivity contribution is 0.0235. The number of cyclic esters (lactones) is 1. The highest BCUT2D eigenvalue weighted by molar-refractivity contribution is 9.10. The number of methoxy groups -OCH3 is 1. The summed E-state index contributed by atoms with van der Waals surface area (Å²) >= 11 is 3.53. The van der Waals surface area contributed by atoms with E-state index in [-0.39, 0.29) is 18.0 Å². The number of hydrogen-bond donors (Lipinski definition) is 0. The third kappa shape index (κ3) is 1.84. The number of ether oxygens (including phenoxy) is 2. The predicted octanol–water partition coefficient (Wildman–Crippen LogP) is 3.43.